The molecule has 0 aromatic carbocycles. The van der Waals surface area contributed by atoms with Gasteiger partial charge in [-0.3, -0.25) is 0 Å². The smallest absolute Gasteiger partial charge is 0.0201 e. The Bertz CT molecular complexity index is 188. The van der Waals surface area contributed by atoms with Crippen molar-refractivity contribution < 1.29 is 0 Å². The van der Waals surface area contributed by atoms with Crippen molar-refractivity contribution in [3.63, 3.8) is 0 Å². The van der Waals surface area contributed by atoms with Crippen molar-refractivity contribution >= 4 is 0 Å². The van der Waals surface area contributed by atoms with E-state index in [-0.39, 0.29) is 0 Å². The maximum atomic E-state index is 4.05. The molecule has 0 spiro atoms. The Kier molecular flexibility index (Phi) is 2.38. The largest absolute Gasteiger partial charge is 0.0999 e. The van der Waals surface area contributed by atoms with Crippen LogP contribution in [0.3, 0.4) is 0 Å². The molecule has 0 nitrogen and oxygen atoms in total. The van der Waals surface area contributed by atoms with Crippen LogP contribution in [0.5, 0.6) is 0 Å². The van der Waals surface area contributed by atoms with Crippen LogP contribution in [0.4, 0.5) is 0 Å². The topological polar surface area (TPSA) is 0 Å². The summed E-state index contributed by atoms with van der Waals surface area (Å²) in [6, 6.07) is 0. The second kappa shape index (κ2) is 2.90. The van der Waals surface area contributed by atoms with Crippen molar-refractivity contribution in [1.82, 2.24) is 0 Å². The van der Waals surface area contributed by atoms with Crippen LogP contribution >= 0.6 is 0 Å². The van der Waals surface area contributed by atoms with E-state index in [0.717, 1.165) is 11.8 Å². The zero-order valence-electron chi connectivity index (χ0n) is 9.15. The number of hydrogen-bond donors (Lipinski definition) is 0. The van der Waals surface area contributed by atoms with E-state index in [1.807, 2.05) is 0 Å². The molecule has 0 saturated heterocycles. The van der Waals surface area contributed by atoms with Crippen molar-refractivity contribution in [2.24, 2.45) is 23.2 Å². The summed E-state index contributed by atoms with van der Waals surface area (Å²) in [5.41, 5.74) is 1.93. The minimum absolute atomic E-state index is 0.577. The van der Waals surface area contributed by atoms with E-state index in [4.69, 9.17) is 0 Å². The summed E-state index contributed by atoms with van der Waals surface area (Å²) in [7, 11) is 0. The standard InChI is InChI=1S/C12H22/c1-7-10-11(12(10,5)6)9(4)8(2)3/h9-11H,2,7H2,1,3-6H3/t9?,10?,11-/m1/s1. The van der Waals surface area contributed by atoms with Crippen LogP contribution in [-0.2, 0) is 0 Å². The molecule has 1 aliphatic carbocycles. The van der Waals surface area contributed by atoms with Gasteiger partial charge in [0.2, 0.25) is 0 Å². The highest BCUT2D eigenvalue weighted by Gasteiger charge is 2.58. The average molecular weight is 166 g/mol. The summed E-state index contributed by atoms with van der Waals surface area (Å²) in [5, 5.41) is 0. The molecule has 70 valence electrons. The lowest BCUT2D eigenvalue weighted by molar-refractivity contribution is 0.469. The minimum Gasteiger partial charge on any atom is -0.0999 e. The third kappa shape index (κ3) is 1.32. The summed E-state index contributed by atoms with van der Waals surface area (Å²) in [6.07, 6.45) is 1.33. The van der Waals surface area contributed by atoms with Crippen molar-refractivity contribution in [2.45, 2.75) is 41.0 Å². The molecular weight excluding hydrogens is 144 g/mol. The second-order valence-electron chi connectivity index (χ2n) is 5.00. The van der Waals surface area contributed by atoms with E-state index in [1.54, 1.807) is 0 Å². The van der Waals surface area contributed by atoms with E-state index < -0.39 is 0 Å². The van der Waals surface area contributed by atoms with Crippen LogP contribution in [0, 0.1) is 23.2 Å². The third-order valence-electron chi connectivity index (χ3n) is 3.89. The molecule has 0 bridgehead atoms. The lowest BCUT2D eigenvalue weighted by atomic mass is 9.93. The quantitative estimate of drug-likeness (QED) is 0.558. The van der Waals surface area contributed by atoms with Crippen LogP contribution in [0.1, 0.15) is 41.0 Å². The zero-order valence-corrected chi connectivity index (χ0v) is 9.15. The lowest BCUT2D eigenvalue weighted by Crippen LogP contribution is -2.03. The molecule has 1 saturated carbocycles. The lowest BCUT2D eigenvalue weighted by Gasteiger charge is -2.12. The Hall–Kier alpha value is -0.260. The van der Waals surface area contributed by atoms with Gasteiger partial charge in [0.05, 0.1) is 0 Å². The van der Waals surface area contributed by atoms with Crippen LogP contribution in [0.25, 0.3) is 0 Å². The number of hydrogen-bond acceptors (Lipinski definition) is 0. The van der Waals surface area contributed by atoms with E-state index in [9.17, 15) is 0 Å². The first-order valence-corrected chi connectivity index (χ1v) is 5.08. The predicted octanol–water partition coefficient (Wildman–Crippen LogP) is 3.88. The highest BCUT2D eigenvalue weighted by Crippen LogP contribution is 2.64. The Morgan fingerprint density at radius 1 is 1.50 bits per heavy atom. The fourth-order valence-electron chi connectivity index (χ4n) is 2.87. The van der Waals surface area contributed by atoms with E-state index in [2.05, 4.69) is 41.2 Å². The molecule has 0 aromatic rings. The van der Waals surface area contributed by atoms with Gasteiger partial charge in [-0.1, -0.05) is 46.3 Å². The highest BCUT2D eigenvalue weighted by atomic mass is 14.6. The minimum atomic E-state index is 0.577. The van der Waals surface area contributed by atoms with Gasteiger partial charge in [-0.2, -0.15) is 0 Å². The fraction of sp³-hybridized carbons (Fsp3) is 0.833. The molecule has 1 fully saturated rings. The van der Waals surface area contributed by atoms with Crippen molar-refractivity contribution in [2.75, 3.05) is 0 Å². The van der Waals surface area contributed by atoms with Gasteiger partial charge in [0.1, 0.15) is 0 Å². The molecule has 0 heterocycles. The molecule has 1 rings (SSSR count). The Balaban J connectivity index is 2.63. The fourth-order valence-corrected chi connectivity index (χ4v) is 2.87. The van der Waals surface area contributed by atoms with Gasteiger partial charge in [-0.25, -0.2) is 0 Å². The van der Waals surface area contributed by atoms with Crippen molar-refractivity contribution in [3.8, 4) is 0 Å². The molecule has 0 aliphatic heterocycles. The van der Waals surface area contributed by atoms with Gasteiger partial charge in [0.25, 0.3) is 0 Å². The number of allylic oxidation sites excluding steroid dienone is 1. The molecule has 0 amide bonds. The first kappa shape index (κ1) is 9.83. The first-order chi connectivity index (χ1) is 5.42. The first-order valence-electron chi connectivity index (χ1n) is 5.08. The SMILES string of the molecule is C=C(C)C(C)[C@@H]1C(CC)C1(C)C. The van der Waals surface area contributed by atoms with Crippen LogP contribution < -0.4 is 0 Å². The Morgan fingerprint density at radius 2 is 2.00 bits per heavy atom. The molecule has 0 heteroatoms. The van der Waals surface area contributed by atoms with Gasteiger partial charge in [-0.05, 0) is 30.1 Å². The molecule has 2 unspecified atom stereocenters. The van der Waals surface area contributed by atoms with E-state index in [0.29, 0.717) is 11.3 Å². The summed E-state index contributed by atoms with van der Waals surface area (Å²) in [5.74, 6) is 2.54. The normalized spacial score (nSPS) is 34.4. The predicted molar refractivity (Wildman–Crippen MR) is 55.0 cm³/mol. The molecule has 12 heavy (non-hydrogen) atoms. The third-order valence-corrected chi connectivity index (χ3v) is 3.89. The zero-order chi connectivity index (χ0) is 9.52. The molecule has 0 radical (unpaired) electrons. The van der Waals surface area contributed by atoms with Gasteiger partial charge in [0, 0.05) is 0 Å². The molecule has 0 N–H and O–H groups in total. The van der Waals surface area contributed by atoms with Gasteiger partial charge >= 0.3 is 0 Å². The van der Waals surface area contributed by atoms with Crippen LogP contribution in [-0.4, -0.2) is 0 Å². The Labute approximate surface area is 77.1 Å². The average Bonchev–Trinajstić information content (AvgIpc) is 2.50. The van der Waals surface area contributed by atoms with Gasteiger partial charge in [-0.15, -0.1) is 0 Å². The van der Waals surface area contributed by atoms with Crippen LogP contribution in [0.15, 0.2) is 12.2 Å². The monoisotopic (exact) mass is 166 g/mol. The highest BCUT2D eigenvalue weighted by molar-refractivity contribution is 5.13. The molecule has 3 atom stereocenters. The maximum absolute atomic E-state index is 4.05. The van der Waals surface area contributed by atoms with E-state index >= 15 is 0 Å². The molecule has 1 aliphatic rings. The second-order valence-corrected chi connectivity index (χ2v) is 5.00. The van der Waals surface area contributed by atoms with Crippen molar-refractivity contribution in [3.05, 3.63) is 12.2 Å². The summed E-state index contributed by atoms with van der Waals surface area (Å²) in [4.78, 5) is 0. The summed E-state index contributed by atoms with van der Waals surface area (Å²) in [6.45, 7) is 15.6. The van der Waals surface area contributed by atoms with Crippen molar-refractivity contribution in [1.29, 1.82) is 0 Å². The number of rotatable bonds is 3. The molecular formula is C12H22. The summed E-state index contributed by atoms with van der Waals surface area (Å²) < 4.78 is 0. The summed E-state index contributed by atoms with van der Waals surface area (Å²) >= 11 is 0. The maximum Gasteiger partial charge on any atom is -0.0201 e. The van der Waals surface area contributed by atoms with Gasteiger partial charge in [0.15, 0.2) is 0 Å². The Morgan fingerprint density at radius 3 is 2.25 bits per heavy atom. The van der Waals surface area contributed by atoms with Crippen LogP contribution in [0.2, 0.25) is 0 Å². The van der Waals surface area contributed by atoms with Gasteiger partial charge < -0.3 is 0 Å². The van der Waals surface area contributed by atoms with E-state index in [1.165, 1.54) is 12.0 Å². The molecule has 0 aromatic heterocycles.